The number of amides is 1. The molecule has 1 aliphatic rings. The Kier molecular flexibility index (Phi) is 2.73. The minimum Gasteiger partial charge on any atom is -0.394 e. The number of rotatable bonds is 4. The maximum atomic E-state index is 11.2. The fraction of sp³-hybridized carbons (Fsp3) is 0.889. The van der Waals surface area contributed by atoms with E-state index in [1.807, 2.05) is 13.8 Å². The molecule has 0 heterocycles. The summed E-state index contributed by atoms with van der Waals surface area (Å²) >= 11 is 0. The average Bonchev–Trinajstić information content (AvgIpc) is 2.67. The zero-order valence-corrected chi connectivity index (χ0v) is 7.76. The number of aliphatic hydroxyl groups is 1. The Balaban J connectivity index is 2.26. The molecule has 0 spiro atoms. The van der Waals surface area contributed by atoms with Crippen molar-refractivity contribution in [2.45, 2.75) is 38.6 Å². The number of hydrogen-bond donors (Lipinski definition) is 2. The molecule has 12 heavy (non-hydrogen) atoms. The van der Waals surface area contributed by atoms with E-state index in [0.717, 1.165) is 12.8 Å². The second-order valence-electron chi connectivity index (χ2n) is 4.08. The molecule has 3 heteroatoms. The normalized spacial score (nSPS) is 19.3. The summed E-state index contributed by atoms with van der Waals surface area (Å²) in [7, 11) is 0. The quantitative estimate of drug-likeness (QED) is 0.653. The van der Waals surface area contributed by atoms with Gasteiger partial charge in [0.05, 0.1) is 12.1 Å². The maximum absolute atomic E-state index is 11.2. The van der Waals surface area contributed by atoms with Gasteiger partial charge in [-0.25, -0.2) is 0 Å². The van der Waals surface area contributed by atoms with Gasteiger partial charge in [-0.2, -0.15) is 0 Å². The first-order valence-corrected chi connectivity index (χ1v) is 4.50. The van der Waals surface area contributed by atoms with Gasteiger partial charge in [0.1, 0.15) is 0 Å². The summed E-state index contributed by atoms with van der Waals surface area (Å²) in [5.41, 5.74) is -0.244. The van der Waals surface area contributed by atoms with E-state index in [-0.39, 0.29) is 18.1 Å². The van der Waals surface area contributed by atoms with Crippen molar-refractivity contribution in [1.82, 2.24) is 5.32 Å². The van der Waals surface area contributed by atoms with E-state index in [1.165, 1.54) is 0 Å². The molecule has 1 amide bonds. The molecule has 1 saturated carbocycles. The summed E-state index contributed by atoms with van der Waals surface area (Å²) in [5, 5.41) is 11.8. The van der Waals surface area contributed by atoms with Crippen LogP contribution in [-0.2, 0) is 4.79 Å². The molecular formula is C9H17NO2. The van der Waals surface area contributed by atoms with Crippen LogP contribution in [0.25, 0.3) is 0 Å². The van der Waals surface area contributed by atoms with Crippen LogP contribution in [0.4, 0.5) is 0 Å². The lowest BCUT2D eigenvalue weighted by Gasteiger charge is -2.14. The van der Waals surface area contributed by atoms with Gasteiger partial charge in [-0.05, 0) is 18.8 Å². The zero-order valence-electron chi connectivity index (χ0n) is 7.76. The highest BCUT2D eigenvalue weighted by molar-refractivity contribution is 5.77. The van der Waals surface area contributed by atoms with Crippen LogP contribution in [0.1, 0.15) is 33.1 Å². The van der Waals surface area contributed by atoms with Crippen LogP contribution in [0.5, 0.6) is 0 Å². The summed E-state index contributed by atoms with van der Waals surface area (Å²) < 4.78 is 0. The Labute approximate surface area is 73.2 Å². The molecule has 0 unspecified atom stereocenters. The summed E-state index contributed by atoms with van der Waals surface area (Å²) in [5.74, 6) is 0.455. The topological polar surface area (TPSA) is 49.3 Å². The Hall–Kier alpha value is -0.570. The summed E-state index contributed by atoms with van der Waals surface area (Å²) in [6, 6.07) is 0. The highest BCUT2D eigenvalue weighted by Crippen LogP contribution is 2.34. The largest absolute Gasteiger partial charge is 0.394 e. The lowest BCUT2D eigenvalue weighted by Crippen LogP contribution is -2.39. The minimum absolute atomic E-state index is 0.0663. The van der Waals surface area contributed by atoms with Gasteiger partial charge in [-0.3, -0.25) is 4.79 Å². The number of nitrogens with one attached hydrogen (secondary N) is 1. The zero-order chi connectivity index (χ0) is 9.19. The van der Waals surface area contributed by atoms with E-state index in [0.29, 0.717) is 12.3 Å². The highest BCUT2D eigenvalue weighted by atomic mass is 16.3. The molecule has 0 bridgehead atoms. The molecule has 2 N–H and O–H groups in total. The monoisotopic (exact) mass is 171 g/mol. The van der Waals surface area contributed by atoms with Crippen LogP contribution in [-0.4, -0.2) is 23.2 Å². The van der Waals surface area contributed by atoms with Crippen molar-refractivity contribution in [2.75, 3.05) is 6.61 Å². The molecule has 0 aromatic rings. The van der Waals surface area contributed by atoms with Gasteiger partial charge in [-0.15, -0.1) is 0 Å². The highest BCUT2D eigenvalue weighted by Gasteiger charge is 2.43. The predicted molar refractivity (Wildman–Crippen MR) is 46.6 cm³/mol. The van der Waals surface area contributed by atoms with Gasteiger partial charge < -0.3 is 10.4 Å². The number of aliphatic hydroxyl groups excluding tert-OH is 1. The third-order valence-electron chi connectivity index (χ3n) is 2.15. The smallest absolute Gasteiger partial charge is 0.220 e. The fourth-order valence-electron chi connectivity index (χ4n) is 1.19. The molecule has 1 rings (SSSR count). The van der Waals surface area contributed by atoms with E-state index in [1.54, 1.807) is 0 Å². The van der Waals surface area contributed by atoms with Crippen LogP contribution in [0, 0.1) is 5.92 Å². The first-order valence-electron chi connectivity index (χ1n) is 4.50. The molecule has 1 aliphatic carbocycles. The first kappa shape index (κ1) is 9.52. The molecule has 0 saturated heterocycles. The van der Waals surface area contributed by atoms with Gasteiger partial charge >= 0.3 is 0 Å². The Morgan fingerprint density at radius 2 is 2.17 bits per heavy atom. The average molecular weight is 171 g/mol. The van der Waals surface area contributed by atoms with Crippen molar-refractivity contribution >= 4 is 5.91 Å². The van der Waals surface area contributed by atoms with Crippen molar-refractivity contribution < 1.29 is 9.90 Å². The van der Waals surface area contributed by atoms with E-state index in [2.05, 4.69) is 5.32 Å². The van der Waals surface area contributed by atoms with Gasteiger partial charge in [0.25, 0.3) is 0 Å². The van der Waals surface area contributed by atoms with Crippen molar-refractivity contribution in [3.63, 3.8) is 0 Å². The second-order valence-corrected chi connectivity index (χ2v) is 4.08. The van der Waals surface area contributed by atoms with Crippen LogP contribution < -0.4 is 5.32 Å². The Morgan fingerprint density at radius 1 is 1.58 bits per heavy atom. The predicted octanol–water partition coefficient (Wildman–Crippen LogP) is 0.674. The van der Waals surface area contributed by atoms with Crippen molar-refractivity contribution in [3.8, 4) is 0 Å². The molecular weight excluding hydrogens is 154 g/mol. The molecule has 3 nitrogen and oxygen atoms in total. The standard InChI is InChI=1S/C9H17NO2/c1-7(2)5-8(12)10-9(6-11)3-4-9/h7,11H,3-6H2,1-2H3,(H,10,12). The van der Waals surface area contributed by atoms with Gasteiger partial charge in [0, 0.05) is 6.42 Å². The van der Waals surface area contributed by atoms with Gasteiger partial charge in [0.2, 0.25) is 5.91 Å². The number of carbonyl (C=O) groups is 1. The molecule has 1 fully saturated rings. The van der Waals surface area contributed by atoms with E-state index >= 15 is 0 Å². The van der Waals surface area contributed by atoms with Crippen LogP contribution in [0.15, 0.2) is 0 Å². The maximum Gasteiger partial charge on any atom is 0.220 e. The Bertz CT molecular complexity index is 173. The summed E-state index contributed by atoms with van der Waals surface area (Å²) in [4.78, 5) is 11.2. The number of carbonyl (C=O) groups excluding carboxylic acids is 1. The van der Waals surface area contributed by atoms with Gasteiger partial charge in [0.15, 0.2) is 0 Å². The van der Waals surface area contributed by atoms with Crippen LogP contribution in [0.2, 0.25) is 0 Å². The molecule has 0 atom stereocenters. The first-order chi connectivity index (χ1) is 5.58. The SMILES string of the molecule is CC(C)CC(=O)NC1(CO)CC1. The third kappa shape index (κ3) is 2.48. The lowest BCUT2D eigenvalue weighted by atomic mass is 10.1. The number of hydrogen-bond acceptors (Lipinski definition) is 2. The molecule has 0 radical (unpaired) electrons. The lowest BCUT2D eigenvalue weighted by molar-refractivity contribution is -0.123. The minimum atomic E-state index is -0.244. The van der Waals surface area contributed by atoms with Crippen molar-refractivity contribution in [3.05, 3.63) is 0 Å². The van der Waals surface area contributed by atoms with E-state index in [4.69, 9.17) is 5.11 Å². The summed E-state index contributed by atoms with van der Waals surface area (Å²) in [6.45, 7) is 4.10. The molecule has 0 aromatic carbocycles. The van der Waals surface area contributed by atoms with Crippen LogP contribution in [0.3, 0.4) is 0 Å². The van der Waals surface area contributed by atoms with Crippen molar-refractivity contribution in [2.24, 2.45) is 5.92 Å². The third-order valence-corrected chi connectivity index (χ3v) is 2.15. The van der Waals surface area contributed by atoms with Gasteiger partial charge in [-0.1, -0.05) is 13.8 Å². The Morgan fingerprint density at radius 3 is 2.50 bits per heavy atom. The molecule has 0 aromatic heterocycles. The fourth-order valence-corrected chi connectivity index (χ4v) is 1.19. The summed E-state index contributed by atoms with van der Waals surface area (Å²) in [6.07, 6.45) is 2.41. The molecule has 70 valence electrons. The van der Waals surface area contributed by atoms with Crippen LogP contribution >= 0.6 is 0 Å². The second kappa shape index (κ2) is 3.44. The van der Waals surface area contributed by atoms with Crippen molar-refractivity contribution in [1.29, 1.82) is 0 Å². The molecule has 0 aliphatic heterocycles. The van der Waals surface area contributed by atoms with E-state index in [9.17, 15) is 4.79 Å². The van der Waals surface area contributed by atoms with E-state index < -0.39 is 0 Å².